The second kappa shape index (κ2) is 6.32. The van der Waals surface area contributed by atoms with Crippen LogP contribution in [0.2, 0.25) is 0 Å². The highest BCUT2D eigenvalue weighted by Crippen LogP contribution is 2.10. The first-order valence-electron chi connectivity index (χ1n) is 3.84. The molecule has 0 bridgehead atoms. The zero-order chi connectivity index (χ0) is 7.52. The third kappa shape index (κ3) is 5.99. The summed E-state index contributed by atoms with van der Waals surface area (Å²) in [5.41, 5.74) is 0. The van der Waals surface area contributed by atoms with Crippen LogP contribution in [0, 0.1) is 0 Å². The number of hydrogen-bond acceptors (Lipinski definition) is 4. The lowest BCUT2D eigenvalue weighted by molar-refractivity contribution is -0.0611. The van der Waals surface area contributed by atoms with Gasteiger partial charge < -0.3 is 18.9 Å². The van der Waals surface area contributed by atoms with Gasteiger partial charge in [-0.1, -0.05) is 14.9 Å². The molecular weight excluding hydrogens is 172 g/mol. The number of epoxide rings is 2. The van der Waals surface area contributed by atoms with Gasteiger partial charge >= 0.3 is 0 Å². The van der Waals surface area contributed by atoms with Crippen LogP contribution in [0.1, 0.15) is 14.9 Å². The lowest BCUT2D eigenvalue weighted by atomic mass is 10.5. The third-order valence-corrected chi connectivity index (χ3v) is 1.58. The minimum atomic E-state index is 0. The molecule has 13 heavy (non-hydrogen) atoms. The molecule has 2 fully saturated rings. The molecule has 0 aromatic carbocycles. The van der Waals surface area contributed by atoms with Crippen LogP contribution >= 0.6 is 0 Å². The molecule has 2 atom stereocenters. The fourth-order valence-electron chi connectivity index (χ4n) is 0.747. The van der Waals surface area contributed by atoms with Crippen LogP contribution in [-0.4, -0.2) is 45.4 Å². The monoisotopic (exact) mass is 192 g/mol. The topological polar surface area (TPSA) is 43.5 Å². The van der Waals surface area contributed by atoms with Crippen LogP contribution in [0.25, 0.3) is 0 Å². The van der Waals surface area contributed by atoms with E-state index in [2.05, 4.69) is 0 Å². The standard InChI is InChI=1S/C7H12O4.2CH4/c1(6-3-10-6)8-5-9-2-7-4-11-7;;/h6-7H,1-5H2;2*1H4. The lowest BCUT2D eigenvalue weighted by Crippen LogP contribution is -2.08. The van der Waals surface area contributed by atoms with E-state index >= 15 is 0 Å². The highest BCUT2D eigenvalue weighted by Gasteiger charge is 2.23. The Morgan fingerprint density at radius 1 is 0.923 bits per heavy atom. The lowest BCUT2D eigenvalue weighted by Gasteiger charge is -2.01. The molecule has 2 saturated heterocycles. The van der Waals surface area contributed by atoms with E-state index < -0.39 is 0 Å². The van der Waals surface area contributed by atoms with Gasteiger partial charge in [-0.2, -0.15) is 0 Å². The summed E-state index contributed by atoms with van der Waals surface area (Å²) in [5, 5.41) is 0. The predicted molar refractivity (Wildman–Crippen MR) is 49.7 cm³/mol. The Balaban J connectivity index is 0.000000720. The second-order valence-corrected chi connectivity index (χ2v) is 2.77. The molecule has 2 aliphatic rings. The average Bonchev–Trinajstić information content (AvgIpc) is 2.83. The average molecular weight is 192 g/mol. The second-order valence-electron chi connectivity index (χ2n) is 2.77. The molecule has 0 radical (unpaired) electrons. The Hall–Kier alpha value is -0.160. The van der Waals surface area contributed by atoms with Gasteiger partial charge in [0.05, 0.1) is 26.4 Å². The van der Waals surface area contributed by atoms with Gasteiger partial charge in [0.1, 0.15) is 19.0 Å². The molecule has 2 heterocycles. The SMILES string of the molecule is C.C.C(OCC1CO1)OCC1CO1. The van der Waals surface area contributed by atoms with Crippen molar-refractivity contribution in [2.75, 3.05) is 33.2 Å². The molecular formula is C9H20O4. The van der Waals surface area contributed by atoms with E-state index in [1.54, 1.807) is 0 Å². The molecule has 0 spiro atoms. The van der Waals surface area contributed by atoms with Crippen molar-refractivity contribution < 1.29 is 18.9 Å². The van der Waals surface area contributed by atoms with E-state index in [0.29, 0.717) is 32.2 Å². The molecule has 4 heteroatoms. The molecule has 80 valence electrons. The molecule has 0 aliphatic carbocycles. The quantitative estimate of drug-likeness (QED) is 0.358. The van der Waals surface area contributed by atoms with Gasteiger partial charge in [-0.05, 0) is 0 Å². The number of rotatable bonds is 6. The van der Waals surface area contributed by atoms with Gasteiger partial charge in [0.25, 0.3) is 0 Å². The van der Waals surface area contributed by atoms with Crippen LogP contribution in [0.15, 0.2) is 0 Å². The van der Waals surface area contributed by atoms with Crippen LogP contribution < -0.4 is 0 Å². The molecule has 4 nitrogen and oxygen atoms in total. The summed E-state index contributed by atoms with van der Waals surface area (Å²) >= 11 is 0. The first kappa shape index (κ1) is 12.8. The summed E-state index contributed by atoms with van der Waals surface area (Å²) in [6, 6.07) is 0. The van der Waals surface area contributed by atoms with Gasteiger partial charge in [-0.3, -0.25) is 0 Å². The van der Waals surface area contributed by atoms with Gasteiger partial charge in [0.2, 0.25) is 0 Å². The first-order chi connectivity index (χ1) is 5.45. The van der Waals surface area contributed by atoms with E-state index in [0.717, 1.165) is 13.2 Å². The van der Waals surface area contributed by atoms with Crippen molar-refractivity contribution in [3.05, 3.63) is 0 Å². The minimum absolute atomic E-state index is 0. The highest BCUT2D eigenvalue weighted by atomic mass is 16.7. The van der Waals surface area contributed by atoms with E-state index in [1.165, 1.54) is 0 Å². The normalized spacial score (nSPS) is 28.6. The van der Waals surface area contributed by atoms with Crippen LogP contribution in [0.4, 0.5) is 0 Å². The van der Waals surface area contributed by atoms with Crippen molar-refractivity contribution in [3.63, 3.8) is 0 Å². The molecule has 0 amide bonds. The maximum atomic E-state index is 5.13. The molecule has 2 rings (SSSR count). The summed E-state index contributed by atoms with van der Waals surface area (Å²) in [4.78, 5) is 0. The number of hydrogen-bond donors (Lipinski definition) is 0. The molecule has 2 aliphatic heterocycles. The van der Waals surface area contributed by atoms with Crippen molar-refractivity contribution >= 4 is 0 Å². The largest absolute Gasteiger partial charge is 0.371 e. The third-order valence-electron chi connectivity index (χ3n) is 1.58. The summed E-state index contributed by atoms with van der Waals surface area (Å²) in [6.45, 7) is 3.36. The minimum Gasteiger partial charge on any atom is -0.371 e. The summed E-state index contributed by atoms with van der Waals surface area (Å²) in [7, 11) is 0. The van der Waals surface area contributed by atoms with Crippen molar-refractivity contribution in [2.24, 2.45) is 0 Å². The number of ether oxygens (including phenoxy) is 4. The molecule has 0 aromatic rings. The van der Waals surface area contributed by atoms with Gasteiger partial charge in [0.15, 0.2) is 0 Å². The van der Waals surface area contributed by atoms with E-state index in [1.807, 2.05) is 0 Å². The Bertz CT molecular complexity index is 107. The Labute approximate surface area is 80.1 Å². The van der Waals surface area contributed by atoms with Crippen molar-refractivity contribution in [1.82, 2.24) is 0 Å². The molecule has 0 aromatic heterocycles. The van der Waals surface area contributed by atoms with Crippen molar-refractivity contribution in [3.8, 4) is 0 Å². The highest BCUT2D eigenvalue weighted by molar-refractivity contribution is 4.67. The van der Waals surface area contributed by atoms with Gasteiger partial charge in [-0.25, -0.2) is 0 Å². The molecule has 2 unspecified atom stereocenters. The first-order valence-corrected chi connectivity index (χ1v) is 3.84. The smallest absolute Gasteiger partial charge is 0.146 e. The molecule has 0 N–H and O–H groups in total. The van der Waals surface area contributed by atoms with Gasteiger partial charge in [-0.15, -0.1) is 0 Å². The predicted octanol–water partition coefficient (Wildman–Crippen LogP) is 1.05. The van der Waals surface area contributed by atoms with E-state index in [-0.39, 0.29) is 14.9 Å². The van der Waals surface area contributed by atoms with Crippen molar-refractivity contribution in [2.45, 2.75) is 27.1 Å². The Morgan fingerprint density at radius 3 is 1.62 bits per heavy atom. The zero-order valence-corrected chi connectivity index (χ0v) is 6.32. The maximum Gasteiger partial charge on any atom is 0.146 e. The molecule has 0 saturated carbocycles. The van der Waals surface area contributed by atoms with Gasteiger partial charge in [0, 0.05) is 0 Å². The van der Waals surface area contributed by atoms with Crippen molar-refractivity contribution in [1.29, 1.82) is 0 Å². The Kier molecular flexibility index (Phi) is 6.24. The fourth-order valence-corrected chi connectivity index (χ4v) is 0.747. The van der Waals surface area contributed by atoms with E-state index in [4.69, 9.17) is 18.9 Å². The zero-order valence-electron chi connectivity index (χ0n) is 6.32. The summed E-state index contributed by atoms with van der Waals surface area (Å²) < 4.78 is 20.2. The maximum absolute atomic E-state index is 5.13. The fraction of sp³-hybridized carbons (Fsp3) is 1.00. The van der Waals surface area contributed by atoms with Crippen LogP contribution in [0.3, 0.4) is 0 Å². The summed E-state index contributed by atoms with van der Waals surface area (Å²) in [5.74, 6) is 0. The van der Waals surface area contributed by atoms with Crippen LogP contribution in [-0.2, 0) is 18.9 Å². The summed E-state index contributed by atoms with van der Waals surface area (Å²) in [6.07, 6.45) is 0.659. The van der Waals surface area contributed by atoms with Crippen LogP contribution in [0.5, 0.6) is 0 Å². The van der Waals surface area contributed by atoms with E-state index in [9.17, 15) is 0 Å². The Morgan fingerprint density at radius 2 is 1.31 bits per heavy atom.